The van der Waals surface area contributed by atoms with Gasteiger partial charge in [-0.1, -0.05) is 29.0 Å². The van der Waals surface area contributed by atoms with Crippen LogP contribution in [-0.4, -0.2) is 54.0 Å². The second kappa shape index (κ2) is 7.01. The van der Waals surface area contributed by atoms with Crippen molar-refractivity contribution in [3.05, 3.63) is 0 Å². The maximum absolute atomic E-state index is 2.60. The molecule has 0 unspecified atom stereocenters. The third-order valence-electron chi connectivity index (χ3n) is 2.71. The maximum Gasteiger partial charge on any atom is 0.0123 e. The van der Waals surface area contributed by atoms with E-state index >= 15 is 0 Å². The van der Waals surface area contributed by atoms with Gasteiger partial charge in [0.2, 0.25) is 0 Å². The largest absolute Gasteiger partial charge is 0.304 e. The van der Waals surface area contributed by atoms with Crippen LogP contribution in [0.15, 0.2) is 0 Å². The van der Waals surface area contributed by atoms with Crippen LogP contribution in [0.1, 0.15) is 19.3 Å². The van der Waals surface area contributed by atoms with Crippen molar-refractivity contribution in [2.45, 2.75) is 19.3 Å². The number of nitrogens with zero attached hydrogens (tertiary/aromatic N) is 2. The number of piperidine rings is 1. The summed E-state index contributed by atoms with van der Waals surface area (Å²) in [4.78, 5) is 5.04. The highest BCUT2D eigenvalue weighted by molar-refractivity contribution is 14.1. The Hall–Kier alpha value is 0.650. The molecule has 0 radical (unpaired) electrons. The summed E-state index contributed by atoms with van der Waals surface area (Å²) in [5.74, 6) is 0. The van der Waals surface area contributed by atoms with Gasteiger partial charge in [0.25, 0.3) is 0 Å². The molecule has 1 rings (SSSR count). The summed E-state index contributed by atoms with van der Waals surface area (Å²) < 4.78 is 1.24. The average molecular weight is 296 g/mol. The minimum absolute atomic E-state index is 1.23. The molecule has 1 heterocycles. The highest BCUT2D eigenvalue weighted by Crippen LogP contribution is 2.07. The lowest BCUT2D eigenvalue weighted by molar-refractivity contribution is 0.200. The van der Waals surface area contributed by atoms with Crippen LogP contribution in [0.25, 0.3) is 0 Å². The maximum atomic E-state index is 2.60. The van der Waals surface area contributed by atoms with Crippen molar-refractivity contribution in [1.29, 1.82) is 0 Å². The molecule has 1 aliphatic heterocycles. The lowest BCUT2D eigenvalue weighted by Crippen LogP contribution is -2.37. The highest BCUT2D eigenvalue weighted by atomic mass is 127. The first kappa shape index (κ1) is 11.7. The zero-order chi connectivity index (χ0) is 9.52. The Balaban J connectivity index is 2.03. The molecule has 0 bridgehead atoms. The van der Waals surface area contributed by atoms with E-state index in [0.717, 1.165) is 0 Å². The monoisotopic (exact) mass is 296 g/mol. The molecular weight excluding hydrogens is 275 g/mol. The molecule has 0 saturated carbocycles. The van der Waals surface area contributed by atoms with Crippen LogP contribution in [0.3, 0.4) is 0 Å². The van der Waals surface area contributed by atoms with E-state index in [4.69, 9.17) is 0 Å². The number of likely N-dealkylation sites (tertiary alicyclic amines) is 1. The Morgan fingerprint density at radius 2 is 1.85 bits per heavy atom. The van der Waals surface area contributed by atoms with Crippen molar-refractivity contribution < 1.29 is 0 Å². The summed E-state index contributed by atoms with van der Waals surface area (Å²) in [6.07, 6.45) is 4.27. The third-order valence-corrected chi connectivity index (χ3v) is 3.20. The van der Waals surface area contributed by atoms with Crippen LogP contribution in [0.4, 0.5) is 0 Å². The first-order valence-corrected chi connectivity index (χ1v) is 6.82. The third kappa shape index (κ3) is 5.18. The Kier molecular flexibility index (Phi) is 6.32. The zero-order valence-electron chi connectivity index (χ0n) is 8.64. The van der Waals surface area contributed by atoms with Gasteiger partial charge in [-0.05, 0) is 33.0 Å². The highest BCUT2D eigenvalue weighted by Gasteiger charge is 2.09. The average Bonchev–Trinajstić information content (AvgIpc) is 2.17. The molecule has 2 nitrogen and oxygen atoms in total. The van der Waals surface area contributed by atoms with E-state index in [9.17, 15) is 0 Å². The fraction of sp³-hybridized carbons (Fsp3) is 1.00. The van der Waals surface area contributed by atoms with Crippen molar-refractivity contribution in [2.24, 2.45) is 0 Å². The minimum Gasteiger partial charge on any atom is -0.304 e. The van der Waals surface area contributed by atoms with Gasteiger partial charge in [-0.2, -0.15) is 0 Å². The van der Waals surface area contributed by atoms with E-state index in [0.29, 0.717) is 0 Å². The lowest BCUT2D eigenvalue weighted by Gasteiger charge is -2.28. The van der Waals surface area contributed by atoms with Crippen molar-refractivity contribution in [3.63, 3.8) is 0 Å². The van der Waals surface area contributed by atoms with Crippen LogP contribution in [0.2, 0.25) is 0 Å². The second-order valence-corrected chi connectivity index (χ2v) is 4.97. The first-order chi connectivity index (χ1) is 6.33. The Morgan fingerprint density at radius 3 is 2.46 bits per heavy atom. The fourth-order valence-corrected chi connectivity index (χ4v) is 2.57. The van der Waals surface area contributed by atoms with Crippen LogP contribution in [0, 0.1) is 0 Å². The molecule has 13 heavy (non-hydrogen) atoms. The van der Waals surface area contributed by atoms with E-state index in [2.05, 4.69) is 39.4 Å². The second-order valence-electron chi connectivity index (χ2n) is 3.89. The molecule has 1 fully saturated rings. The van der Waals surface area contributed by atoms with Gasteiger partial charge in [-0.3, -0.25) is 0 Å². The molecule has 0 aromatic heterocycles. The first-order valence-electron chi connectivity index (χ1n) is 5.30. The Labute approximate surface area is 95.8 Å². The summed E-state index contributed by atoms with van der Waals surface area (Å²) in [5, 5.41) is 0. The zero-order valence-corrected chi connectivity index (χ0v) is 10.8. The van der Waals surface area contributed by atoms with Crippen LogP contribution in [0.5, 0.6) is 0 Å². The van der Waals surface area contributed by atoms with Crippen LogP contribution < -0.4 is 0 Å². The Bertz CT molecular complexity index is 124. The smallest absolute Gasteiger partial charge is 0.0123 e. The number of likely N-dealkylation sites (N-methyl/N-ethyl adjacent to an activating group) is 1. The molecule has 0 spiro atoms. The molecule has 3 heteroatoms. The predicted octanol–water partition coefficient (Wildman–Crippen LogP) is 1.84. The topological polar surface area (TPSA) is 6.48 Å². The van der Waals surface area contributed by atoms with Gasteiger partial charge in [0, 0.05) is 24.1 Å². The molecule has 0 atom stereocenters. The fourth-order valence-electron chi connectivity index (χ4n) is 1.75. The standard InChI is InChI=1S/C10H21IN2/c1-12(8-5-11)9-10-13-6-3-2-4-7-13/h2-10H2,1H3. The quantitative estimate of drug-likeness (QED) is 0.564. The summed E-state index contributed by atoms with van der Waals surface area (Å²) in [5.41, 5.74) is 0. The number of rotatable bonds is 5. The molecule has 1 aliphatic rings. The molecule has 78 valence electrons. The number of hydrogen-bond acceptors (Lipinski definition) is 2. The summed E-state index contributed by atoms with van der Waals surface area (Å²) in [6, 6.07) is 0. The number of halogens is 1. The predicted molar refractivity (Wildman–Crippen MR) is 66.7 cm³/mol. The summed E-state index contributed by atoms with van der Waals surface area (Å²) in [6.45, 7) is 6.40. The molecule has 0 N–H and O–H groups in total. The van der Waals surface area contributed by atoms with E-state index < -0.39 is 0 Å². The van der Waals surface area contributed by atoms with E-state index in [1.54, 1.807) is 0 Å². The van der Waals surface area contributed by atoms with E-state index in [-0.39, 0.29) is 0 Å². The SMILES string of the molecule is CN(CCI)CCN1CCCCC1. The van der Waals surface area contributed by atoms with Crippen LogP contribution in [-0.2, 0) is 0 Å². The van der Waals surface area contributed by atoms with Crippen LogP contribution >= 0.6 is 22.6 Å². The van der Waals surface area contributed by atoms with Gasteiger partial charge in [-0.15, -0.1) is 0 Å². The number of hydrogen-bond donors (Lipinski definition) is 0. The van der Waals surface area contributed by atoms with Gasteiger partial charge < -0.3 is 9.80 Å². The van der Waals surface area contributed by atoms with Crippen molar-refractivity contribution in [2.75, 3.05) is 44.2 Å². The molecule has 0 aromatic rings. The molecular formula is C10H21IN2. The Morgan fingerprint density at radius 1 is 1.15 bits per heavy atom. The molecule has 0 aliphatic carbocycles. The minimum atomic E-state index is 1.23. The van der Waals surface area contributed by atoms with Gasteiger partial charge in [0.05, 0.1) is 0 Å². The van der Waals surface area contributed by atoms with Gasteiger partial charge in [-0.25, -0.2) is 0 Å². The van der Waals surface area contributed by atoms with Crippen molar-refractivity contribution >= 4 is 22.6 Å². The number of alkyl halides is 1. The summed E-state index contributed by atoms with van der Waals surface area (Å²) in [7, 11) is 2.22. The van der Waals surface area contributed by atoms with E-state index in [1.807, 2.05) is 0 Å². The molecule has 0 amide bonds. The lowest BCUT2D eigenvalue weighted by atomic mass is 10.1. The van der Waals surface area contributed by atoms with Crippen molar-refractivity contribution in [3.8, 4) is 0 Å². The normalized spacial score (nSPS) is 19.6. The molecule has 1 saturated heterocycles. The molecule has 0 aromatic carbocycles. The van der Waals surface area contributed by atoms with E-state index in [1.165, 1.54) is 56.4 Å². The summed E-state index contributed by atoms with van der Waals surface area (Å²) >= 11 is 2.44. The van der Waals surface area contributed by atoms with Gasteiger partial charge >= 0.3 is 0 Å². The van der Waals surface area contributed by atoms with Crippen molar-refractivity contribution in [1.82, 2.24) is 9.80 Å². The van der Waals surface area contributed by atoms with Gasteiger partial charge in [0.15, 0.2) is 0 Å². The van der Waals surface area contributed by atoms with Gasteiger partial charge in [0.1, 0.15) is 0 Å².